The number of carbonyl (C=O) groups excluding carboxylic acids is 1. The van der Waals surface area contributed by atoms with Crippen LogP contribution in [0.25, 0.3) is 10.9 Å². The summed E-state index contributed by atoms with van der Waals surface area (Å²) in [4.78, 5) is 25.8. The number of aliphatic carboxylic acids is 1. The molecule has 1 atom stereocenters. The van der Waals surface area contributed by atoms with Gasteiger partial charge < -0.3 is 24.9 Å². The standard InChI is InChI=1S/C15H18N2O5/c1-21-10-3-4-12-11(6-10)9(7-16-12)5-14(18)17-8-13(22-2)15(19)20/h3-4,6-7,13,16H,5,8H2,1-2H3,(H,17,18)(H,19,20). The number of fused-ring (bicyclic) bond motifs is 1. The van der Waals surface area contributed by atoms with Gasteiger partial charge in [-0.05, 0) is 23.8 Å². The van der Waals surface area contributed by atoms with Gasteiger partial charge in [0.15, 0.2) is 6.10 Å². The van der Waals surface area contributed by atoms with E-state index in [0.717, 1.165) is 16.5 Å². The van der Waals surface area contributed by atoms with E-state index in [4.69, 9.17) is 14.6 Å². The molecule has 2 aromatic rings. The zero-order valence-electron chi connectivity index (χ0n) is 12.4. The summed E-state index contributed by atoms with van der Waals surface area (Å²) >= 11 is 0. The highest BCUT2D eigenvalue weighted by Gasteiger charge is 2.17. The average Bonchev–Trinajstić information content (AvgIpc) is 2.89. The lowest BCUT2D eigenvalue weighted by molar-refractivity contribution is -0.148. The van der Waals surface area contributed by atoms with Crippen molar-refractivity contribution < 1.29 is 24.2 Å². The third-order valence-electron chi connectivity index (χ3n) is 3.37. The molecule has 0 bridgehead atoms. The number of carbonyl (C=O) groups is 2. The van der Waals surface area contributed by atoms with E-state index in [9.17, 15) is 9.59 Å². The molecule has 0 saturated carbocycles. The number of aromatic amines is 1. The second-order valence-electron chi connectivity index (χ2n) is 4.77. The lowest BCUT2D eigenvalue weighted by Gasteiger charge is -2.11. The Morgan fingerprint density at radius 1 is 1.36 bits per heavy atom. The van der Waals surface area contributed by atoms with Crippen molar-refractivity contribution in [3.63, 3.8) is 0 Å². The summed E-state index contributed by atoms with van der Waals surface area (Å²) in [5, 5.41) is 12.3. The van der Waals surface area contributed by atoms with Crippen LogP contribution in [0.3, 0.4) is 0 Å². The Balaban J connectivity index is 2.04. The predicted octanol–water partition coefficient (Wildman–Crippen LogP) is 0.935. The van der Waals surface area contributed by atoms with Gasteiger partial charge in [-0.2, -0.15) is 0 Å². The average molecular weight is 306 g/mol. The van der Waals surface area contributed by atoms with Gasteiger partial charge in [0.05, 0.1) is 20.1 Å². The summed E-state index contributed by atoms with van der Waals surface area (Å²) in [6.45, 7) is -0.0731. The quantitative estimate of drug-likeness (QED) is 0.706. The maximum atomic E-state index is 11.9. The minimum atomic E-state index is -1.11. The number of aromatic nitrogens is 1. The van der Waals surface area contributed by atoms with Gasteiger partial charge in [0.1, 0.15) is 5.75 Å². The number of carboxylic acid groups (broad SMARTS) is 1. The molecule has 1 aromatic heterocycles. The summed E-state index contributed by atoms with van der Waals surface area (Å²) in [6, 6.07) is 5.56. The molecule has 22 heavy (non-hydrogen) atoms. The third kappa shape index (κ3) is 3.56. The van der Waals surface area contributed by atoms with Crippen molar-refractivity contribution in [1.82, 2.24) is 10.3 Å². The highest BCUT2D eigenvalue weighted by molar-refractivity contribution is 5.90. The van der Waals surface area contributed by atoms with Crippen LogP contribution in [0.2, 0.25) is 0 Å². The number of ether oxygens (including phenoxy) is 2. The number of H-pyrrole nitrogens is 1. The Labute approximate surface area is 127 Å². The summed E-state index contributed by atoms with van der Waals surface area (Å²) in [5.74, 6) is -0.675. The minimum Gasteiger partial charge on any atom is -0.497 e. The Hall–Kier alpha value is -2.54. The van der Waals surface area contributed by atoms with Crippen molar-refractivity contribution in [3.05, 3.63) is 30.0 Å². The number of benzene rings is 1. The smallest absolute Gasteiger partial charge is 0.334 e. The normalized spacial score (nSPS) is 12.1. The van der Waals surface area contributed by atoms with Crippen molar-refractivity contribution in [1.29, 1.82) is 0 Å². The van der Waals surface area contributed by atoms with E-state index in [1.807, 2.05) is 18.2 Å². The van der Waals surface area contributed by atoms with E-state index < -0.39 is 12.1 Å². The molecule has 118 valence electrons. The van der Waals surface area contributed by atoms with Crippen molar-refractivity contribution >= 4 is 22.8 Å². The molecule has 0 aliphatic carbocycles. The van der Waals surface area contributed by atoms with Crippen molar-refractivity contribution in [2.75, 3.05) is 20.8 Å². The Morgan fingerprint density at radius 2 is 2.14 bits per heavy atom. The molecule has 1 amide bonds. The van der Waals surface area contributed by atoms with Gasteiger partial charge in [0, 0.05) is 24.2 Å². The lowest BCUT2D eigenvalue weighted by atomic mass is 10.1. The molecule has 1 heterocycles. The fraction of sp³-hybridized carbons (Fsp3) is 0.333. The fourth-order valence-corrected chi connectivity index (χ4v) is 2.14. The van der Waals surface area contributed by atoms with E-state index >= 15 is 0 Å². The van der Waals surface area contributed by atoms with Gasteiger partial charge in [0.25, 0.3) is 0 Å². The maximum Gasteiger partial charge on any atom is 0.334 e. The predicted molar refractivity (Wildman–Crippen MR) is 80.0 cm³/mol. The molecule has 0 aliphatic rings. The highest BCUT2D eigenvalue weighted by Crippen LogP contribution is 2.23. The van der Waals surface area contributed by atoms with Gasteiger partial charge in [-0.1, -0.05) is 0 Å². The fourth-order valence-electron chi connectivity index (χ4n) is 2.14. The SMILES string of the molecule is COc1ccc2[nH]cc(CC(=O)NCC(OC)C(=O)O)c2c1. The molecule has 3 N–H and O–H groups in total. The number of hydrogen-bond acceptors (Lipinski definition) is 4. The molecule has 7 heteroatoms. The van der Waals surface area contributed by atoms with E-state index in [2.05, 4.69) is 10.3 Å². The van der Waals surface area contributed by atoms with Crippen LogP contribution < -0.4 is 10.1 Å². The number of methoxy groups -OCH3 is 2. The van der Waals surface area contributed by atoms with E-state index in [0.29, 0.717) is 5.75 Å². The lowest BCUT2D eigenvalue weighted by Crippen LogP contribution is -2.38. The topological polar surface area (TPSA) is 101 Å². The monoisotopic (exact) mass is 306 g/mol. The number of amides is 1. The second kappa shape index (κ2) is 6.95. The second-order valence-corrected chi connectivity index (χ2v) is 4.77. The number of nitrogens with one attached hydrogen (secondary N) is 2. The van der Waals surface area contributed by atoms with Crippen LogP contribution in [0, 0.1) is 0 Å². The summed E-state index contributed by atoms with van der Waals surface area (Å²) in [5.41, 5.74) is 1.72. The zero-order chi connectivity index (χ0) is 16.1. The maximum absolute atomic E-state index is 11.9. The molecule has 0 radical (unpaired) electrons. The molecular formula is C15H18N2O5. The van der Waals surface area contributed by atoms with Crippen LogP contribution in [0.1, 0.15) is 5.56 Å². The van der Waals surface area contributed by atoms with Gasteiger partial charge in [-0.3, -0.25) is 4.79 Å². The van der Waals surface area contributed by atoms with Crippen molar-refractivity contribution in [3.8, 4) is 5.75 Å². The van der Waals surface area contributed by atoms with Crippen LogP contribution in [-0.4, -0.2) is 48.8 Å². The zero-order valence-corrected chi connectivity index (χ0v) is 12.4. The Kier molecular flexibility index (Phi) is 5.00. The molecule has 0 saturated heterocycles. The molecule has 7 nitrogen and oxygen atoms in total. The minimum absolute atomic E-state index is 0.0731. The molecule has 0 fully saturated rings. The molecule has 1 aromatic carbocycles. The van der Waals surface area contributed by atoms with Crippen molar-refractivity contribution in [2.45, 2.75) is 12.5 Å². The first-order valence-corrected chi connectivity index (χ1v) is 6.71. The van der Waals surface area contributed by atoms with Gasteiger partial charge in [0.2, 0.25) is 5.91 Å². The van der Waals surface area contributed by atoms with E-state index in [-0.39, 0.29) is 18.9 Å². The molecule has 0 aliphatic heterocycles. The van der Waals surface area contributed by atoms with Crippen molar-refractivity contribution in [2.24, 2.45) is 0 Å². The number of hydrogen-bond donors (Lipinski definition) is 3. The van der Waals surface area contributed by atoms with Crippen LogP contribution in [0.15, 0.2) is 24.4 Å². The molecular weight excluding hydrogens is 288 g/mol. The summed E-state index contributed by atoms with van der Waals surface area (Å²) in [6.07, 6.45) is 0.852. The molecule has 2 rings (SSSR count). The summed E-state index contributed by atoms with van der Waals surface area (Å²) < 4.78 is 9.94. The molecule has 1 unspecified atom stereocenters. The highest BCUT2D eigenvalue weighted by atomic mass is 16.5. The first kappa shape index (κ1) is 15.8. The first-order chi connectivity index (χ1) is 10.5. The Bertz CT molecular complexity index is 680. The van der Waals surface area contributed by atoms with E-state index in [1.54, 1.807) is 13.3 Å². The van der Waals surface area contributed by atoms with Crippen LogP contribution in [0.5, 0.6) is 5.75 Å². The number of carboxylic acids is 1. The molecule has 0 spiro atoms. The van der Waals surface area contributed by atoms with Gasteiger partial charge in [-0.25, -0.2) is 4.79 Å². The van der Waals surface area contributed by atoms with E-state index in [1.165, 1.54) is 7.11 Å². The number of rotatable bonds is 7. The third-order valence-corrected chi connectivity index (χ3v) is 3.37. The van der Waals surface area contributed by atoms with Crippen LogP contribution in [0.4, 0.5) is 0 Å². The summed E-state index contributed by atoms with van der Waals surface area (Å²) in [7, 11) is 2.87. The largest absolute Gasteiger partial charge is 0.497 e. The van der Waals surface area contributed by atoms with Crippen LogP contribution in [-0.2, 0) is 20.7 Å². The Morgan fingerprint density at radius 3 is 2.77 bits per heavy atom. The van der Waals surface area contributed by atoms with Crippen LogP contribution >= 0.6 is 0 Å². The van der Waals surface area contributed by atoms with Gasteiger partial charge >= 0.3 is 5.97 Å². The van der Waals surface area contributed by atoms with Gasteiger partial charge in [-0.15, -0.1) is 0 Å². The first-order valence-electron chi connectivity index (χ1n) is 6.71.